The molecule has 2 fully saturated rings. The summed E-state index contributed by atoms with van der Waals surface area (Å²) in [6.07, 6.45) is 9.37. The minimum Gasteiger partial charge on any atom is -0.496 e. The first-order chi connectivity index (χ1) is 20.7. The molecule has 2 aromatic carbocycles. The van der Waals surface area contributed by atoms with Crippen molar-refractivity contribution in [2.45, 2.75) is 82.5 Å². The molecule has 1 saturated carbocycles. The number of nitrogens with one attached hydrogen (secondary N) is 3. The van der Waals surface area contributed by atoms with Crippen molar-refractivity contribution in [1.82, 2.24) is 25.7 Å². The highest BCUT2D eigenvalue weighted by Crippen LogP contribution is 2.34. The summed E-state index contributed by atoms with van der Waals surface area (Å²) >= 11 is 0. The number of aromatic amines is 1. The number of rotatable bonds is 8. The lowest BCUT2D eigenvalue weighted by Crippen LogP contribution is -2.57. The number of carbonyl (C=O) groups is 2. The molecule has 1 aliphatic carbocycles. The molecule has 3 N–H and O–H groups in total. The van der Waals surface area contributed by atoms with Crippen molar-refractivity contribution < 1.29 is 18.7 Å². The van der Waals surface area contributed by atoms with E-state index in [1.54, 1.807) is 18.2 Å². The second-order valence-corrected chi connectivity index (χ2v) is 12.3. The SMILES string of the molecule is COc1cccc(F)c1CN1C[C@H](NC(=O)c2ccc3n[nH]c(C4(C)C=NC(C)=C4)c3c2)CC[C@H]1C(=O)NC1CCCC1. The summed E-state index contributed by atoms with van der Waals surface area (Å²) in [4.78, 5) is 33.4. The van der Waals surface area contributed by atoms with Crippen LogP contribution in [0.1, 0.15) is 74.0 Å². The van der Waals surface area contributed by atoms with Gasteiger partial charge in [-0.05, 0) is 75.9 Å². The van der Waals surface area contributed by atoms with Crippen molar-refractivity contribution in [3.05, 3.63) is 70.8 Å². The minimum absolute atomic E-state index is 0.0295. The Morgan fingerprint density at radius 3 is 2.67 bits per heavy atom. The number of likely N-dealkylation sites (tertiary alicyclic amines) is 1. The number of aliphatic imine (C=N–C) groups is 1. The Balaban J connectivity index is 1.21. The van der Waals surface area contributed by atoms with Gasteiger partial charge in [-0.15, -0.1) is 0 Å². The third-order valence-electron chi connectivity index (χ3n) is 9.08. The van der Waals surface area contributed by atoms with Crippen molar-refractivity contribution in [3.8, 4) is 5.75 Å². The van der Waals surface area contributed by atoms with Crippen LogP contribution in [-0.4, -0.2) is 64.9 Å². The molecule has 43 heavy (non-hydrogen) atoms. The van der Waals surface area contributed by atoms with E-state index in [1.165, 1.54) is 13.2 Å². The Morgan fingerprint density at radius 2 is 1.93 bits per heavy atom. The Morgan fingerprint density at radius 1 is 1.12 bits per heavy atom. The van der Waals surface area contributed by atoms with Crippen molar-refractivity contribution in [1.29, 1.82) is 0 Å². The summed E-state index contributed by atoms with van der Waals surface area (Å²) in [6.45, 7) is 4.62. The number of ether oxygens (including phenoxy) is 1. The van der Waals surface area contributed by atoms with Crippen LogP contribution in [0, 0.1) is 5.82 Å². The Hall–Kier alpha value is -4.05. The minimum atomic E-state index is -0.431. The summed E-state index contributed by atoms with van der Waals surface area (Å²) in [5.41, 5.74) is 3.10. The standard InChI is InChI=1S/C33H39FN6O3/c1-20-16-33(2,19-35-20)30-24-15-21(11-13-27(24)38-39-30)31(41)37-23-12-14-28(32(42)36-22-7-4-5-8-22)40(17-23)18-25-26(34)9-6-10-29(25)43-3/h6,9-11,13,15-16,19,22-23,28H,4-5,7-8,12,14,17-18H2,1-3H3,(H,36,42)(H,37,41)(H,38,39)/t23-,28+,33?/m1/s1. The maximum atomic E-state index is 15.0. The molecule has 0 spiro atoms. The Bertz CT molecular complexity index is 1590. The van der Waals surface area contributed by atoms with E-state index >= 15 is 0 Å². The van der Waals surface area contributed by atoms with Gasteiger partial charge >= 0.3 is 0 Å². The summed E-state index contributed by atoms with van der Waals surface area (Å²) in [5, 5.41) is 14.9. The number of halogens is 1. The molecule has 9 nitrogen and oxygen atoms in total. The van der Waals surface area contributed by atoms with Crippen molar-refractivity contribution >= 4 is 28.9 Å². The third-order valence-corrected chi connectivity index (χ3v) is 9.08. The molecule has 0 bridgehead atoms. The Labute approximate surface area is 251 Å². The van der Waals surface area contributed by atoms with E-state index in [2.05, 4.69) is 38.8 Å². The van der Waals surface area contributed by atoms with Gasteiger partial charge in [-0.25, -0.2) is 4.39 Å². The zero-order valence-corrected chi connectivity index (χ0v) is 25.0. The quantitative estimate of drug-likeness (QED) is 0.352. The number of nitrogens with zero attached hydrogens (tertiary/aromatic N) is 3. The van der Waals surface area contributed by atoms with Gasteiger partial charge in [0.2, 0.25) is 5.91 Å². The lowest BCUT2D eigenvalue weighted by Gasteiger charge is -2.39. The monoisotopic (exact) mass is 586 g/mol. The number of benzene rings is 2. The van der Waals surface area contributed by atoms with Crippen LogP contribution in [0.15, 0.2) is 53.2 Å². The zero-order chi connectivity index (χ0) is 30.1. The number of H-pyrrole nitrogens is 1. The fourth-order valence-electron chi connectivity index (χ4n) is 6.80. The lowest BCUT2D eigenvalue weighted by molar-refractivity contribution is -0.128. The van der Waals surface area contributed by atoms with E-state index in [0.717, 1.165) is 48.0 Å². The van der Waals surface area contributed by atoms with Gasteiger partial charge in [-0.3, -0.25) is 24.6 Å². The molecule has 226 valence electrons. The fraction of sp³-hybridized carbons (Fsp3) is 0.455. The summed E-state index contributed by atoms with van der Waals surface area (Å²) in [5.74, 6) is -0.168. The Kier molecular flexibility index (Phi) is 8.05. The highest BCUT2D eigenvalue weighted by molar-refractivity contribution is 6.00. The molecular weight excluding hydrogens is 547 g/mol. The van der Waals surface area contributed by atoms with Crippen LogP contribution < -0.4 is 15.4 Å². The van der Waals surface area contributed by atoms with E-state index in [9.17, 15) is 14.0 Å². The van der Waals surface area contributed by atoms with E-state index in [1.807, 2.05) is 30.2 Å². The molecular formula is C33H39FN6O3. The first-order valence-electron chi connectivity index (χ1n) is 15.1. The molecule has 2 amide bonds. The number of hydrogen-bond donors (Lipinski definition) is 3. The van der Waals surface area contributed by atoms with Gasteiger partial charge in [0.25, 0.3) is 5.91 Å². The normalized spacial score (nSPS) is 24.3. The van der Waals surface area contributed by atoms with Gasteiger partial charge in [0.15, 0.2) is 0 Å². The lowest BCUT2D eigenvalue weighted by atomic mass is 9.86. The number of allylic oxidation sites excluding steroid dienone is 2. The van der Waals surface area contributed by atoms with Crippen molar-refractivity contribution in [3.63, 3.8) is 0 Å². The fourth-order valence-corrected chi connectivity index (χ4v) is 6.80. The number of methoxy groups -OCH3 is 1. The molecule has 2 aliphatic heterocycles. The van der Waals surface area contributed by atoms with Crippen LogP contribution in [0.3, 0.4) is 0 Å². The average molecular weight is 587 g/mol. The predicted octanol–water partition coefficient (Wildman–Crippen LogP) is 4.78. The molecule has 10 heteroatoms. The smallest absolute Gasteiger partial charge is 0.251 e. The van der Waals surface area contributed by atoms with Gasteiger partial charge in [-0.2, -0.15) is 5.10 Å². The van der Waals surface area contributed by atoms with Gasteiger partial charge in [0, 0.05) is 53.6 Å². The number of amides is 2. The summed E-state index contributed by atoms with van der Waals surface area (Å²) in [6, 6.07) is 9.78. The molecule has 3 heterocycles. The first kappa shape index (κ1) is 29.0. The molecule has 1 unspecified atom stereocenters. The van der Waals surface area contributed by atoms with Crippen LogP contribution >= 0.6 is 0 Å². The maximum absolute atomic E-state index is 15.0. The van der Waals surface area contributed by atoms with Gasteiger partial charge < -0.3 is 15.4 Å². The van der Waals surface area contributed by atoms with Crippen LogP contribution in [0.5, 0.6) is 5.75 Å². The van der Waals surface area contributed by atoms with E-state index in [-0.39, 0.29) is 36.3 Å². The topological polar surface area (TPSA) is 112 Å². The second-order valence-electron chi connectivity index (χ2n) is 12.3. The average Bonchev–Trinajstić information content (AvgIpc) is 3.74. The van der Waals surface area contributed by atoms with Gasteiger partial charge in [-0.1, -0.05) is 18.9 Å². The predicted molar refractivity (Wildman–Crippen MR) is 164 cm³/mol. The van der Waals surface area contributed by atoms with E-state index in [0.29, 0.717) is 36.3 Å². The van der Waals surface area contributed by atoms with Gasteiger partial charge in [0.1, 0.15) is 11.6 Å². The maximum Gasteiger partial charge on any atom is 0.251 e. The number of hydrogen-bond acceptors (Lipinski definition) is 6. The summed E-state index contributed by atoms with van der Waals surface area (Å²) in [7, 11) is 1.52. The highest BCUT2D eigenvalue weighted by atomic mass is 19.1. The number of carbonyl (C=O) groups excluding carboxylic acids is 2. The molecule has 6 rings (SSSR count). The van der Waals surface area contributed by atoms with Crippen LogP contribution in [-0.2, 0) is 16.8 Å². The van der Waals surface area contributed by atoms with Crippen LogP contribution in [0.25, 0.3) is 10.9 Å². The second kappa shape index (κ2) is 11.9. The largest absolute Gasteiger partial charge is 0.496 e. The molecule has 0 radical (unpaired) electrons. The highest BCUT2D eigenvalue weighted by Gasteiger charge is 2.36. The zero-order valence-electron chi connectivity index (χ0n) is 25.0. The molecule has 1 saturated heterocycles. The molecule has 1 aromatic heterocycles. The number of aromatic nitrogens is 2. The van der Waals surface area contributed by atoms with Crippen LogP contribution in [0.4, 0.5) is 4.39 Å². The molecule has 3 aromatic rings. The van der Waals surface area contributed by atoms with Crippen molar-refractivity contribution in [2.24, 2.45) is 4.99 Å². The van der Waals surface area contributed by atoms with E-state index in [4.69, 9.17) is 4.74 Å². The third kappa shape index (κ3) is 5.93. The van der Waals surface area contributed by atoms with E-state index < -0.39 is 11.5 Å². The number of piperidine rings is 1. The van der Waals surface area contributed by atoms with Gasteiger partial charge in [0.05, 0.1) is 29.8 Å². The van der Waals surface area contributed by atoms with Crippen molar-refractivity contribution in [2.75, 3.05) is 13.7 Å². The number of fused-ring (bicyclic) bond motifs is 1. The molecule has 3 atom stereocenters. The molecule has 3 aliphatic rings. The summed E-state index contributed by atoms with van der Waals surface area (Å²) < 4.78 is 20.4. The van der Waals surface area contributed by atoms with Crippen LogP contribution in [0.2, 0.25) is 0 Å². The first-order valence-corrected chi connectivity index (χ1v) is 15.1.